The van der Waals surface area contributed by atoms with E-state index in [2.05, 4.69) is 10.4 Å². The number of nitrogens with one attached hydrogen (secondary N) is 1. The minimum Gasteiger partial charge on any atom is -0.379 e. The monoisotopic (exact) mass is 440 g/mol. The Bertz CT molecular complexity index is 1120. The van der Waals surface area contributed by atoms with Crippen LogP contribution in [0, 0.1) is 0 Å². The third-order valence-electron chi connectivity index (χ3n) is 5.04. The van der Waals surface area contributed by atoms with Gasteiger partial charge in [-0.1, -0.05) is 30.3 Å². The van der Waals surface area contributed by atoms with E-state index in [1.165, 1.54) is 4.31 Å². The van der Waals surface area contributed by atoms with Gasteiger partial charge in [0.25, 0.3) is 0 Å². The van der Waals surface area contributed by atoms with Crippen LogP contribution in [0.25, 0.3) is 5.69 Å². The third-order valence-corrected chi connectivity index (χ3v) is 6.96. The molecule has 0 radical (unpaired) electrons. The summed E-state index contributed by atoms with van der Waals surface area (Å²) in [6.07, 6.45) is 3.73. The average molecular weight is 441 g/mol. The second kappa shape index (κ2) is 9.42. The van der Waals surface area contributed by atoms with Crippen molar-refractivity contribution >= 4 is 15.9 Å². The molecule has 8 nitrogen and oxygen atoms in total. The Kier molecular flexibility index (Phi) is 6.45. The zero-order valence-electron chi connectivity index (χ0n) is 17.0. The number of amides is 1. The number of aromatic nitrogens is 2. The summed E-state index contributed by atoms with van der Waals surface area (Å²) in [6, 6.07) is 16.3. The number of benzene rings is 2. The molecule has 0 spiro atoms. The van der Waals surface area contributed by atoms with Gasteiger partial charge in [-0.15, -0.1) is 0 Å². The second-order valence-electron chi connectivity index (χ2n) is 7.24. The second-order valence-corrected chi connectivity index (χ2v) is 9.18. The van der Waals surface area contributed by atoms with Crippen LogP contribution in [0.2, 0.25) is 0 Å². The molecule has 2 heterocycles. The van der Waals surface area contributed by atoms with Gasteiger partial charge in [0.1, 0.15) is 0 Å². The maximum Gasteiger partial charge on any atom is 0.243 e. The van der Waals surface area contributed by atoms with E-state index in [4.69, 9.17) is 4.74 Å². The molecule has 2 aromatic carbocycles. The van der Waals surface area contributed by atoms with Gasteiger partial charge in [-0.3, -0.25) is 4.79 Å². The van der Waals surface area contributed by atoms with Gasteiger partial charge >= 0.3 is 0 Å². The molecule has 0 unspecified atom stereocenters. The van der Waals surface area contributed by atoms with E-state index in [-0.39, 0.29) is 17.2 Å². The predicted octanol–water partition coefficient (Wildman–Crippen LogP) is 1.75. The quantitative estimate of drug-likeness (QED) is 0.604. The maximum absolute atomic E-state index is 12.7. The van der Waals surface area contributed by atoms with Gasteiger partial charge in [0.05, 0.1) is 36.4 Å². The minimum absolute atomic E-state index is 0.127. The molecule has 4 rings (SSSR count). The van der Waals surface area contributed by atoms with Crippen molar-refractivity contribution in [2.24, 2.45) is 0 Å². The fraction of sp³-hybridized carbons (Fsp3) is 0.273. The van der Waals surface area contributed by atoms with Gasteiger partial charge in [0, 0.05) is 25.8 Å². The Morgan fingerprint density at radius 3 is 2.42 bits per heavy atom. The van der Waals surface area contributed by atoms with Crippen LogP contribution >= 0.6 is 0 Å². The summed E-state index contributed by atoms with van der Waals surface area (Å²) in [5.74, 6) is -0.127. The van der Waals surface area contributed by atoms with Gasteiger partial charge in [-0.05, 0) is 35.4 Å². The molecular formula is C22H24N4O4S. The maximum atomic E-state index is 12.7. The number of nitrogens with zero attached hydrogens (tertiary/aromatic N) is 3. The fourth-order valence-corrected chi connectivity index (χ4v) is 4.75. The van der Waals surface area contributed by atoms with Crippen LogP contribution in [0.3, 0.4) is 0 Å². The summed E-state index contributed by atoms with van der Waals surface area (Å²) in [5.41, 5.74) is 2.57. The molecular weight excluding hydrogens is 416 g/mol. The van der Waals surface area contributed by atoms with E-state index >= 15 is 0 Å². The zero-order valence-corrected chi connectivity index (χ0v) is 17.8. The Morgan fingerprint density at radius 2 is 1.71 bits per heavy atom. The molecule has 1 N–H and O–H groups in total. The van der Waals surface area contributed by atoms with Gasteiger partial charge in [0.2, 0.25) is 15.9 Å². The molecule has 1 fully saturated rings. The van der Waals surface area contributed by atoms with E-state index in [0.717, 1.165) is 16.8 Å². The molecule has 0 saturated carbocycles. The lowest BCUT2D eigenvalue weighted by atomic mass is 10.2. The number of sulfonamides is 1. The highest BCUT2D eigenvalue weighted by atomic mass is 32.2. The largest absolute Gasteiger partial charge is 0.379 e. The Labute approximate surface area is 181 Å². The number of ether oxygens (including phenoxy) is 1. The number of morpholine rings is 1. The fourth-order valence-electron chi connectivity index (χ4n) is 3.34. The number of rotatable bonds is 7. The van der Waals surface area contributed by atoms with Crippen molar-refractivity contribution in [1.29, 1.82) is 0 Å². The van der Waals surface area contributed by atoms with E-state index in [0.29, 0.717) is 32.8 Å². The molecule has 1 aliphatic heterocycles. The molecule has 1 amide bonds. The highest BCUT2D eigenvalue weighted by Gasteiger charge is 2.26. The molecule has 1 saturated heterocycles. The number of hydrogen-bond donors (Lipinski definition) is 1. The van der Waals surface area contributed by atoms with Crippen LogP contribution in [-0.2, 0) is 32.5 Å². The first-order valence-corrected chi connectivity index (χ1v) is 11.5. The van der Waals surface area contributed by atoms with Crippen molar-refractivity contribution in [2.45, 2.75) is 17.9 Å². The van der Waals surface area contributed by atoms with E-state index in [9.17, 15) is 13.2 Å². The number of carbonyl (C=O) groups is 1. The average Bonchev–Trinajstić information content (AvgIpc) is 3.27. The summed E-state index contributed by atoms with van der Waals surface area (Å²) >= 11 is 0. The van der Waals surface area contributed by atoms with Crippen molar-refractivity contribution in [3.8, 4) is 5.69 Å². The Morgan fingerprint density at radius 1 is 1.00 bits per heavy atom. The van der Waals surface area contributed by atoms with Crippen LogP contribution < -0.4 is 5.32 Å². The van der Waals surface area contributed by atoms with Gasteiger partial charge in [0.15, 0.2) is 0 Å². The van der Waals surface area contributed by atoms with Crippen LogP contribution in [0.15, 0.2) is 71.9 Å². The van der Waals surface area contributed by atoms with Crippen molar-refractivity contribution < 1.29 is 17.9 Å². The zero-order chi connectivity index (χ0) is 21.7. The van der Waals surface area contributed by atoms with Gasteiger partial charge in [-0.2, -0.15) is 9.40 Å². The van der Waals surface area contributed by atoms with Crippen LogP contribution in [-0.4, -0.2) is 54.7 Å². The van der Waals surface area contributed by atoms with Crippen LogP contribution in [0.4, 0.5) is 0 Å². The van der Waals surface area contributed by atoms with Crippen LogP contribution in [0.1, 0.15) is 11.1 Å². The molecule has 0 bridgehead atoms. The predicted molar refractivity (Wildman–Crippen MR) is 115 cm³/mol. The van der Waals surface area contributed by atoms with Gasteiger partial charge < -0.3 is 10.1 Å². The van der Waals surface area contributed by atoms with E-state index in [1.807, 2.05) is 36.5 Å². The smallest absolute Gasteiger partial charge is 0.243 e. The lowest BCUT2D eigenvalue weighted by Crippen LogP contribution is -2.40. The molecule has 0 aliphatic carbocycles. The van der Waals surface area contributed by atoms with Gasteiger partial charge in [-0.25, -0.2) is 13.1 Å². The summed E-state index contributed by atoms with van der Waals surface area (Å²) in [4.78, 5) is 12.5. The molecule has 162 valence electrons. The Balaban J connectivity index is 1.31. The first kappa shape index (κ1) is 21.2. The van der Waals surface area contributed by atoms with Crippen molar-refractivity contribution in [1.82, 2.24) is 19.4 Å². The van der Waals surface area contributed by atoms with Crippen LogP contribution in [0.5, 0.6) is 0 Å². The topological polar surface area (TPSA) is 93.5 Å². The van der Waals surface area contributed by atoms with Crippen molar-refractivity contribution in [2.75, 3.05) is 26.3 Å². The molecule has 31 heavy (non-hydrogen) atoms. The first-order valence-electron chi connectivity index (χ1n) is 10.0. The Hall–Kier alpha value is -3.01. The summed E-state index contributed by atoms with van der Waals surface area (Å²) in [6.45, 7) is 1.87. The first-order chi connectivity index (χ1) is 15.0. The number of hydrogen-bond acceptors (Lipinski definition) is 5. The highest BCUT2D eigenvalue weighted by Crippen LogP contribution is 2.17. The summed E-state index contributed by atoms with van der Waals surface area (Å²) < 4.78 is 33.7. The van der Waals surface area contributed by atoms with Crippen molar-refractivity contribution in [3.05, 3.63) is 78.1 Å². The molecule has 1 aromatic heterocycles. The van der Waals surface area contributed by atoms with E-state index in [1.54, 1.807) is 35.1 Å². The lowest BCUT2D eigenvalue weighted by molar-refractivity contribution is -0.120. The molecule has 3 aromatic rings. The summed E-state index contributed by atoms with van der Waals surface area (Å²) in [5, 5.41) is 7.16. The SMILES string of the molecule is O=C(Cc1cnn(-c2ccccc2)c1)NCc1ccc(S(=O)(=O)N2CCOCC2)cc1. The molecule has 1 aliphatic rings. The highest BCUT2D eigenvalue weighted by molar-refractivity contribution is 7.89. The number of para-hydroxylation sites is 1. The number of carbonyl (C=O) groups excluding carboxylic acids is 1. The minimum atomic E-state index is -3.51. The van der Waals surface area contributed by atoms with Crippen molar-refractivity contribution in [3.63, 3.8) is 0 Å². The summed E-state index contributed by atoms with van der Waals surface area (Å²) in [7, 11) is -3.51. The third kappa shape index (κ3) is 5.19. The molecule has 0 atom stereocenters. The standard InChI is InChI=1S/C22H24N4O4S/c27-22(14-19-16-24-26(17-19)20-4-2-1-3-5-20)23-15-18-6-8-21(9-7-18)31(28,29)25-10-12-30-13-11-25/h1-9,16-17H,10-15H2,(H,23,27). The lowest BCUT2D eigenvalue weighted by Gasteiger charge is -2.26. The van der Waals surface area contributed by atoms with E-state index < -0.39 is 10.0 Å². The normalized spacial score (nSPS) is 15.0. The molecule has 9 heteroatoms.